The maximum atomic E-state index is 9.24. The summed E-state index contributed by atoms with van der Waals surface area (Å²) >= 11 is 0. The first kappa shape index (κ1) is 11.4. The molecule has 7 heteroatoms. The summed E-state index contributed by atoms with van der Waals surface area (Å²) in [5.41, 5.74) is 4.57. The van der Waals surface area contributed by atoms with E-state index in [2.05, 4.69) is 5.73 Å². The molecular weight excluding hydrogens is 153 g/mol. The molecule has 6 nitrogen and oxygen atoms in total. The largest absolute Gasteiger partial charge is 0.480 e. The second-order valence-corrected chi connectivity index (χ2v) is 1.20. The molecule has 0 aliphatic rings. The normalized spacial score (nSPS) is 8.11. The van der Waals surface area contributed by atoms with Gasteiger partial charge in [-0.1, -0.05) is 0 Å². The van der Waals surface area contributed by atoms with Crippen LogP contribution < -0.4 is 15.1 Å². The van der Waals surface area contributed by atoms with E-state index in [0.717, 1.165) is 0 Å². The quantitative estimate of drug-likeness (QED) is 0.359. The molecule has 0 aliphatic heterocycles. The maximum Gasteiger partial charge on any atom is 0.317 e. The predicted molar refractivity (Wildman–Crippen MR) is 18.9 cm³/mol. The van der Waals surface area contributed by atoms with Crippen molar-refractivity contribution in [3.05, 3.63) is 0 Å². The van der Waals surface area contributed by atoms with E-state index in [9.17, 15) is 4.79 Å². The van der Waals surface area contributed by atoms with Gasteiger partial charge in [0.25, 0.3) is 10.8 Å². The lowest BCUT2D eigenvalue weighted by Crippen LogP contribution is -2.30. The summed E-state index contributed by atoms with van der Waals surface area (Å²) in [4.78, 5) is 9.24. The van der Waals surface area contributed by atoms with Crippen LogP contribution in [0.5, 0.6) is 0 Å². The number of halogens is 1. The Morgan fingerprint density at radius 3 is 1.78 bits per heavy atom. The minimum Gasteiger partial charge on any atom is -0.480 e. The molecule has 0 saturated heterocycles. The van der Waals surface area contributed by atoms with Crippen LogP contribution >= 0.6 is 0 Å². The monoisotopic (exact) mass is 159 g/mol. The van der Waals surface area contributed by atoms with Gasteiger partial charge in [-0.2, -0.15) is 0 Å². The predicted octanol–water partition coefficient (Wildman–Crippen LogP) is -3.91. The van der Waals surface area contributed by atoms with E-state index < -0.39 is 16.8 Å². The van der Waals surface area contributed by atoms with Crippen LogP contribution in [0.2, 0.25) is 0 Å². The molecule has 0 amide bonds. The van der Waals surface area contributed by atoms with Gasteiger partial charge in [0.15, 0.2) is 0 Å². The second-order valence-electron chi connectivity index (χ2n) is 0.799. The number of carboxylic acids is 1. The molecule has 4 N–H and O–H groups in total. The van der Waals surface area contributed by atoms with E-state index in [1.54, 1.807) is 0 Å². The van der Waals surface area contributed by atoms with Gasteiger partial charge >= 0.3 is 5.97 Å². The van der Waals surface area contributed by atoms with Crippen LogP contribution in [0.3, 0.4) is 0 Å². The molecule has 0 aromatic rings. The summed E-state index contributed by atoms with van der Waals surface area (Å²) in [5.74, 6) is -0.968. The van der Waals surface area contributed by atoms with E-state index >= 15 is 0 Å². The van der Waals surface area contributed by atoms with Crippen LogP contribution in [0.25, 0.3) is 0 Å². The molecule has 0 spiro atoms. The van der Waals surface area contributed by atoms with Crippen LogP contribution in [0.1, 0.15) is 0 Å². The number of carboxylic acid groups (broad SMARTS) is 1. The molecule has 0 saturated carbocycles. The van der Waals surface area contributed by atoms with E-state index in [1.165, 1.54) is 0 Å². The van der Waals surface area contributed by atoms with Crippen LogP contribution in [-0.2, 0) is 4.79 Å². The topological polar surface area (TPSA) is 130 Å². The standard InChI is InChI=1S/C2H5NO2.ClHO3/c3-1-2(4)5;2-1(3)4/h1,3H2,(H,4,5);2H. The van der Waals surface area contributed by atoms with E-state index in [1.807, 2.05) is 0 Å². The van der Waals surface area contributed by atoms with Gasteiger partial charge < -0.3 is 20.2 Å². The summed E-state index contributed by atoms with van der Waals surface area (Å²) in [6.45, 7) is -0.278. The Balaban J connectivity index is 0. The molecule has 0 atom stereocenters. The van der Waals surface area contributed by atoms with E-state index in [0.29, 0.717) is 0 Å². The molecule has 0 aromatic carbocycles. The third-order valence-electron chi connectivity index (χ3n) is 0.175. The third-order valence-corrected chi connectivity index (χ3v) is 0.175. The molecule has 0 bridgehead atoms. The van der Waals surface area contributed by atoms with Gasteiger partial charge in [-0.3, -0.25) is 4.79 Å². The molecule has 9 heavy (non-hydrogen) atoms. The molecule has 0 fully saturated rings. The van der Waals surface area contributed by atoms with Crippen LogP contribution in [-0.4, -0.2) is 22.3 Å². The maximum absolute atomic E-state index is 9.24. The lowest BCUT2D eigenvalue weighted by Gasteiger charge is -1.73. The van der Waals surface area contributed by atoms with Crippen molar-refractivity contribution in [1.29, 1.82) is 0 Å². The number of aliphatic carboxylic acids is 1. The summed E-state index contributed by atoms with van der Waals surface area (Å²) < 4.78 is 24.0. The zero-order valence-electron chi connectivity index (χ0n) is 4.28. The fourth-order valence-electron chi connectivity index (χ4n) is 0. The summed E-state index contributed by atoms with van der Waals surface area (Å²) in [5, 5.41) is 7.60. The van der Waals surface area contributed by atoms with Crippen LogP contribution in [0.15, 0.2) is 0 Å². The minimum absolute atomic E-state index is 0.278. The Labute approximate surface area is 53.9 Å². The van der Waals surface area contributed by atoms with Gasteiger partial charge in [0.2, 0.25) is 0 Å². The van der Waals surface area contributed by atoms with Crippen LogP contribution in [0, 0.1) is 10.8 Å². The fourth-order valence-corrected chi connectivity index (χ4v) is 0. The highest BCUT2D eigenvalue weighted by Gasteiger charge is 1.81. The Morgan fingerprint density at radius 1 is 1.67 bits per heavy atom. The van der Waals surface area contributed by atoms with E-state index in [4.69, 9.17) is 19.1 Å². The highest BCUT2D eigenvalue weighted by Crippen LogP contribution is 1.43. The highest BCUT2D eigenvalue weighted by atomic mass is 35.6. The number of hydrogen-bond acceptors (Lipinski definition) is 5. The zero-order chi connectivity index (χ0) is 7.86. The minimum atomic E-state index is -2.60. The average Bonchev–Trinajstić information content (AvgIpc) is 1.65. The van der Waals surface area contributed by atoms with Gasteiger partial charge in [-0.15, -0.1) is 0 Å². The zero-order valence-corrected chi connectivity index (χ0v) is 5.04. The van der Waals surface area contributed by atoms with Crippen molar-refractivity contribution in [2.75, 3.05) is 6.54 Å². The van der Waals surface area contributed by atoms with Gasteiger partial charge in [-0.05, 0) is 0 Å². The molecule has 0 unspecified atom stereocenters. The summed E-state index contributed by atoms with van der Waals surface area (Å²) in [7, 11) is -2.60. The molecule has 0 heterocycles. The Morgan fingerprint density at radius 2 is 1.78 bits per heavy atom. The first-order valence-electron chi connectivity index (χ1n) is 1.67. The SMILES string of the molecule is NCC(=O)O.[O-][Cl+2]([O-])O. The third kappa shape index (κ3) is 93.1. The Hall–Kier alpha value is -0.400. The van der Waals surface area contributed by atoms with Crippen molar-refractivity contribution in [1.82, 2.24) is 0 Å². The molecule has 0 rings (SSSR count). The molecule has 0 aromatic heterocycles. The first-order chi connectivity index (χ1) is 4.00. The molecule has 0 aliphatic carbocycles. The lowest BCUT2D eigenvalue weighted by molar-refractivity contribution is -1.63. The van der Waals surface area contributed by atoms with Crippen molar-refractivity contribution >= 4 is 5.97 Å². The Bertz CT molecular complexity index is 72.6. The van der Waals surface area contributed by atoms with Crippen molar-refractivity contribution in [2.24, 2.45) is 5.73 Å². The number of carbonyl (C=O) groups is 1. The summed E-state index contributed by atoms with van der Waals surface area (Å²) in [6, 6.07) is 0. The number of nitrogens with two attached hydrogens (primary N) is 1. The highest BCUT2D eigenvalue weighted by molar-refractivity contribution is 5.68. The van der Waals surface area contributed by atoms with Crippen LogP contribution in [0.4, 0.5) is 0 Å². The lowest BCUT2D eigenvalue weighted by atomic mass is 10.7. The number of rotatable bonds is 1. The molecular formula is C2H6ClNO5. The average molecular weight is 160 g/mol. The van der Waals surface area contributed by atoms with Gasteiger partial charge in [0, 0.05) is 4.66 Å². The van der Waals surface area contributed by atoms with Crippen molar-refractivity contribution < 1.29 is 34.7 Å². The molecule has 0 radical (unpaired) electrons. The van der Waals surface area contributed by atoms with Crippen molar-refractivity contribution in [2.45, 2.75) is 0 Å². The van der Waals surface area contributed by atoms with Gasteiger partial charge in [-0.25, -0.2) is 0 Å². The van der Waals surface area contributed by atoms with E-state index in [-0.39, 0.29) is 6.54 Å². The van der Waals surface area contributed by atoms with Gasteiger partial charge in [0.05, 0.1) is 6.54 Å². The smallest absolute Gasteiger partial charge is 0.317 e. The Kier molecular flexibility index (Phi) is 9.63. The summed E-state index contributed by atoms with van der Waals surface area (Å²) in [6.07, 6.45) is 0. The second kappa shape index (κ2) is 7.60. The number of hydrogen-bond donors (Lipinski definition) is 3. The first-order valence-corrected chi connectivity index (χ1v) is 2.62. The van der Waals surface area contributed by atoms with Gasteiger partial charge in [0.1, 0.15) is 0 Å². The van der Waals surface area contributed by atoms with Crippen molar-refractivity contribution in [3.63, 3.8) is 0 Å². The fraction of sp³-hybridized carbons (Fsp3) is 0.500. The molecule has 56 valence electrons. The van der Waals surface area contributed by atoms with Crippen molar-refractivity contribution in [3.8, 4) is 0 Å².